The quantitative estimate of drug-likeness (QED) is 0.805. The molecule has 0 saturated carbocycles. The van der Waals surface area contributed by atoms with Gasteiger partial charge in [0.15, 0.2) is 0 Å². The first-order valence-electron chi connectivity index (χ1n) is 7.84. The zero-order chi connectivity index (χ0) is 16.5. The Morgan fingerprint density at radius 1 is 1.12 bits per heavy atom. The topological polar surface area (TPSA) is 53.6 Å². The van der Waals surface area contributed by atoms with E-state index in [1.807, 2.05) is 16.8 Å². The number of nitrogens with zero attached hydrogens (tertiary/aromatic N) is 3. The lowest BCUT2D eigenvalue weighted by atomic mass is 10.1. The van der Waals surface area contributed by atoms with Gasteiger partial charge in [-0.3, -0.25) is 0 Å². The molecule has 1 aliphatic heterocycles. The van der Waals surface area contributed by atoms with E-state index < -0.39 is 0 Å². The van der Waals surface area contributed by atoms with E-state index in [1.54, 1.807) is 24.3 Å². The van der Waals surface area contributed by atoms with Gasteiger partial charge in [-0.1, -0.05) is 12.1 Å². The Morgan fingerprint density at radius 2 is 1.88 bits per heavy atom. The van der Waals surface area contributed by atoms with Crippen LogP contribution in [0.4, 0.5) is 10.2 Å². The lowest BCUT2D eigenvalue weighted by molar-refractivity contribution is 0.627. The van der Waals surface area contributed by atoms with Crippen LogP contribution < -0.4 is 5.32 Å². The normalized spacial score (nSPS) is 12.5. The molecule has 4 nitrogen and oxygen atoms in total. The first-order valence-corrected chi connectivity index (χ1v) is 7.84. The number of nitriles is 1. The number of hydrogen-bond acceptors (Lipinski definition) is 3. The summed E-state index contributed by atoms with van der Waals surface area (Å²) in [6.07, 6.45) is 1.61. The van der Waals surface area contributed by atoms with E-state index in [1.165, 1.54) is 17.7 Å². The Bertz CT molecular complexity index is 918. The third kappa shape index (κ3) is 2.52. The predicted molar refractivity (Wildman–Crippen MR) is 89.7 cm³/mol. The van der Waals surface area contributed by atoms with Crippen molar-refractivity contribution in [3.8, 4) is 11.8 Å². The number of aromatic nitrogens is 2. The second-order valence-corrected chi connectivity index (χ2v) is 5.82. The van der Waals surface area contributed by atoms with Crippen LogP contribution in [0.25, 0.3) is 5.69 Å². The van der Waals surface area contributed by atoms with Crippen LogP contribution in [0, 0.1) is 17.1 Å². The van der Waals surface area contributed by atoms with Gasteiger partial charge in [0.1, 0.15) is 11.6 Å². The average Bonchev–Trinajstić information content (AvgIpc) is 3.21. The minimum atomic E-state index is -0.228. The summed E-state index contributed by atoms with van der Waals surface area (Å²) in [6.45, 7) is 0.889. The minimum absolute atomic E-state index is 0.228. The fourth-order valence-electron chi connectivity index (χ4n) is 3.05. The predicted octanol–water partition coefficient (Wildman–Crippen LogP) is 3.44. The van der Waals surface area contributed by atoms with Crippen LogP contribution in [0.2, 0.25) is 0 Å². The highest BCUT2D eigenvalue weighted by atomic mass is 19.1. The third-order valence-electron chi connectivity index (χ3n) is 4.26. The van der Waals surface area contributed by atoms with E-state index in [0.29, 0.717) is 12.0 Å². The summed E-state index contributed by atoms with van der Waals surface area (Å²) >= 11 is 0. The van der Waals surface area contributed by atoms with Gasteiger partial charge in [-0.25, -0.2) is 9.07 Å². The van der Waals surface area contributed by atoms with Crippen molar-refractivity contribution in [2.75, 3.05) is 11.9 Å². The number of benzene rings is 2. The number of fused-ring (bicyclic) bond motifs is 1. The summed E-state index contributed by atoms with van der Waals surface area (Å²) in [5.74, 6) is 0.783. The number of nitrogens with one attached hydrogen (secondary N) is 1. The van der Waals surface area contributed by atoms with Crippen molar-refractivity contribution in [3.63, 3.8) is 0 Å². The average molecular weight is 318 g/mol. The van der Waals surface area contributed by atoms with Gasteiger partial charge in [0.05, 0.1) is 23.0 Å². The van der Waals surface area contributed by atoms with E-state index in [2.05, 4.69) is 11.4 Å². The molecule has 0 amide bonds. The monoisotopic (exact) mass is 318 g/mol. The molecule has 4 rings (SSSR count). The van der Waals surface area contributed by atoms with Crippen LogP contribution in [0.3, 0.4) is 0 Å². The van der Waals surface area contributed by atoms with Crippen molar-refractivity contribution in [3.05, 3.63) is 76.7 Å². The van der Waals surface area contributed by atoms with E-state index in [-0.39, 0.29) is 5.82 Å². The van der Waals surface area contributed by atoms with E-state index in [4.69, 9.17) is 10.4 Å². The van der Waals surface area contributed by atoms with Crippen LogP contribution in [0.15, 0.2) is 48.5 Å². The molecule has 118 valence electrons. The van der Waals surface area contributed by atoms with Crippen LogP contribution in [-0.2, 0) is 12.8 Å². The van der Waals surface area contributed by atoms with Gasteiger partial charge in [-0.05, 0) is 48.4 Å². The zero-order valence-electron chi connectivity index (χ0n) is 13.0. The van der Waals surface area contributed by atoms with Crippen molar-refractivity contribution in [1.29, 1.82) is 5.26 Å². The maximum atomic E-state index is 13.1. The Morgan fingerprint density at radius 3 is 2.58 bits per heavy atom. The fourth-order valence-corrected chi connectivity index (χ4v) is 3.05. The highest BCUT2D eigenvalue weighted by Crippen LogP contribution is 2.30. The van der Waals surface area contributed by atoms with Crippen molar-refractivity contribution in [1.82, 2.24) is 9.78 Å². The fraction of sp³-hybridized carbons (Fsp3) is 0.158. The maximum absolute atomic E-state index is 13.1. The summed E-state index contributed by atoms with van der Waals surface area (Å²) in [4.78, 5) is 0. The third-order valence-corrected chi connectivity index (χ3v) is 4.26. The smallest absolute Gasteiger partial charge is 0.133 e. The molecule has 0 unspecified atom stereocenters. The van der Waals surface area contributed by atoms with Crippen molar-refractivity contribution in [2.24, 2.45) is 0 Å². The summed E-state index contributed by atoms with van der Waals surface area (Å²) in [6, 6.07) is 16.0. The Labute approximate surface area is 139 Å². The number of hydrogen-bond donors (Lipinski definition) is 1. The van der Waals surface area contributed by atoms with Crippen LogP contribution in [-0.4, -0.2) is 16.3 Å². The zero-order valence-corrected chi connectivity index (χ0v) is 13.0. The SMILES string of the molecule is N#Cc1ccc(-n2nc(Cc3ccc(F)cc3)c3c2NCC3)cc1. The standard InChI is InChI=1S/C19H15FN4/c20-15-5-1-13(2-6-15)11-18-17-9-10-22-19(17)24(23-18)16-7-3-14(12-21)4-8-16/h1-8,22H,9-11H2. The van der Waals surface area contributed by atoms with Crippen LogP contribution >= 0.6 is 0 Å². The second kappa shape index (κ2) is 5.82. The summed E-state index contributed by atoms with van der Waals surface area (Å²) < 4.78 is 15.0. The molecule has 2 heterocycles. The number of rotatable bonds is 3. The molecular weight excluding hydrogens is 303 g/mol. The van der Waals surface area contributed by atoms with Crippen LogP contribution in [0.5, 0.6) is 0 Å². The van der Waals surface area contributed by atoms with Gasteiger partial charge in [-0.15, -0.1) is 0 Å². The van der Waals surface area contributed by atoms with Crippen molar-refractivity contribution < 1.29 is 4.39 Å². The molecule has 2 aromatic carbocycles. The molecule has 0 aliphatic carbocycles. The Hall–Kier alpha value is -3.13. The lowest BCUT2D eigenvalue weighted by Crippen LogP contribution is -2.05. The molecule has 0 spiro atoms. The molecule has 0 fully saturated rings. The lowest BCUT2D eigenvalue weighted by Gasteiger charge is -2.06. The Balaban J connectivity index is 1.71. The maximum Gasteiger partial charge on any atom is 0.133 e. The molecule has 1 aromatic heterocycles. The minimum Gasteiger partial charge on any atom is -0.369 e. The van der Waals surface area contributed by atoms with E-state index in [9.17, 15) is 4.39 Å². The van der Waals surface area contributed by atoms with Crippen LogP contribution in [0.1, 0.15) is 22.4 Å². The molecule has 0 radical (unpaired) electrons. The first kappa shape index (κ1) is 14.5. The molecule has 0 saturated heterocycles. The van der Waals surface area contributed by atoms with Gasteiger partial charge in [0.2, 0.25) is 0 Å². The van der Waals surface area contributed by atoms with Crippen molar-refractivity contribution in [2.45, 2.75) is 12.8 Å². The molecule has 3 aromatic rings. The molecule has 1 N–H and O–H groups in total. The Kier molecular flexibility index (Phi) is 3.51. The first-order chi connectivity index (χ1) is 11.7. The molecular formula is C19H15FN4. The molecule has 5 heteroatoms. The molecule has 0 bridgehead atoms. The van der Waals surface area contributed by atoms with Gasteiger partial charge < -0.3 is 5.32 Å². The van der Waals surface area contributed by atoms with Gasteiger partial charge in [-0.2, -0.15) is 10.4 Å². The molecule has 0 atom stereocenters. The highest BCUT2D eigenvalue weighted by molar-refractivity contribution is 5.58. The highest BCUT2D eigenvalue weighted by Gasteiger charge is 2.23. The van der Waals surface area contributed by atoms with Gasteiger partial charge in [0.25, 0.3) is 0 Å². The van der Waals surface area contributed by atoms with Crippen molar-refractivity contribution >= 4 is 5.82 Å². The van der Waals surface area contributed by atoms with Gasteiger partial charge in [0, 0.05) is 18.5 Å². The molecule has 1 aliphatic rings. The second-order valence-electron chi connectivity index (χ2n) is 5.82. The summed E-state index contributed by atoms with van der Waals surface area (Å²) in [5.41, 5.74) is 4.80. The summed E-state index contributed by atoms with van der Waals surface area (Å²) in [7, 11) is 0. The molecule has 24 heavy (non-hydrogen) atoms. The van der Waals surface area contributed by atoms with E-state index in [0.717, 1.165) is 35.7 Å². The summed E-state index contributed by atoms with van der Waals surface area (Å²) in [5, 5.41) is 17.1. The van der Waals surface area contributed by atoms with E-state index >= 15 is 0 Å². The van der Waals surface area contributed by atoms with Gasteiger partial charge >= 0.3 is 0 Å². The number of anilines is 1. The number of halogens is 1. The largest absolute Gasteiger partial charge is 0.369 e.